The van der Waals surface area contributed by atoms with E-state index in [2.05, 4.69) is 10.3 Å². The molecule has 2 rings (SSSR count). The number of benzene rings is 2. The summed E-state index contributed by atoms with van der Waals surface area (Å²) in [5.41, 5.74) is 3.88. The molecule has 2 aromatic carbocycles. The minimum Gasteiger partial charge on any atom is -0.399 e. The summed E-state index contributed by atoms with van der Waals surface area (Å²) in [5.74, 6) is 0. The second-order valence-electron chi connectivity index (χ2n) is 4.67. The third kappa shape index (κ3) is 4.45. The Bertz CT molecular complexity index is 565. The van der Waals surface area contributed by atoms with E-state index in [1.807, 2.05) is 60.7 Å². The molecule has 0 fully saturated rings. The van der Waals surface area contributed by atoms with Gasteiger partial charge >= 0.3 is 0 Å². The molecule has 114 valence electrons. The van der Waals surface area contributed by atoms with Gasteiger partial charge in [0.25, 0.3) is 0 Å². The summed E-state index contributed by atoms with van der Waals surface area (Å²) in [6.45, 7) is 0. The lowest BCUT2D eigenvalue weighted by atomic mass is 10.0. The fourth-order valence-electron chi connectivity index (χ4n) is 2.20. The largest absolute Gasteiger partial charge is 0.399 e. The lowest BCUT2D eigenvalue weighted by Crippen LogP contribution is -2.08. The Morgan fingerprint density at radius 3 is 1.36 bits per heavy atom. The van der Waals surface area contributed by atoms with E-state index in [0.29, 0.717) is 0 Å². The summed E-state index contributed by atoms with van der Waals surface area (Å²) < 4.78 is 0. The number of nitrogens with zero attached hydrogens (tertiary/aromatic N) is 2. The summed E-state index contributed by atoms with van der Waals surface area (Å²) in [6, 6.07) is 20.0. The van der Waals surface area contributed by atoms with Crippen molar-refractivity contribution in [3.8, 4) is 0 Å². The Kier molecular flexibility index (Phi) is 6.18. The second kappa shape index (κ2) is 8.62. The molecule has 0 aliphatic rings. The third-order valence-corrected chi connectivity index (χ3v) is 3.22. The molecule has 0 radical (unpaired) electrons. The maximum Gasteiger partial charge on any atom is 0.106 e. The molecule has 22 heavy (non-hydrogen) atoms. The zero-order chi connectivity index (χ0) is 15.6. The van der Waals surface area contributed by atoms with E-state index in [1.165, 1.54) is 0 Å². The van der Waals surface area contributed by atoms with Crippen LogP contribution in [0, 0.1) is 0 Å². The first-order chi connectivity index (χ1) is 10.8. The van der Waals surface area contributed by atoms with Crippen molar-refractivity contribution in [2.75, 3.05) is 14.2 Å². The molecule has 2 aromatic rings. The highest BCUT2D eigenvalue weighted by Crippen LogP contribution is 2.12. The van der Waals surface area contributed by atoms with Gasteiger partial charge in [0.15, 0.2) is 0 Å². The fraction of sp³-hybridized carbons (Fsp3) is 0.222. The van der Waals surface area contributed by atoms with Crippen molar-refractivity contribution in [2.24, 2.45) is 10.3 Å². The summed E-state index contributed by atoms with van der Waals surface area (Å²) in [4.78, 5) is 9.95. The predicted molar refractivity (Wildman–Crippen MR) is 89.2 cm³/mol. The molecule has 0 atom stereocenters. The van der Waals surface area contributed by atoms with E-state index in [9.17, 15) is 0 Å². The quantitative estimate of drug-likeness (QED) is 0.575. The van der Waals surface area contributed by atoms with Gasteiger partial charge in [-0.25, -0.2) is 0 Å². The maximum atomic E-state index is 4.97. The lowest BCUT2D eigenvalue weighted by molar-refractivity contribution is 0.211. The van der Waals surface area contributed by atoms with Gasteiger partial charge in [-0.05, 0) is 24.0 Å². The molecule has 0 aliphatic carbocycles. The first-order valence-corrected chi connectivity index (χ1v) is 7.16. The third-order valence-electron chi connectivity index (χ3n) is 3.22. The van der Waals surface area contributed by atoms with E-state index in [-0.39, 0.29) is 0 Å². The van der Waals surface area contributed by atoms with Gasteiger partial charge < -0.3 is 9.68 Å². The Labute approximate surface area is 131 Å². The molecule has 0 bridgehead atoms. The zero-order valence-electron chi connectivity index (χ0n) is 12.9. The van der Waals surface area contributed by atoms with E-state index >= 15 is 0 Å². The lowest BCUT2D eigenvalue weighted by Gasteiger charge is -2.08. The van der Waals surface area contributed by atoms with Crippen LogP contribution in [0.2, 0.25) is 0 Å². The highest BCUT2D eigenvalue weighted by molar-refractivity contribution is 6.06. The van der Waals surface area contributed by atoms with Gasteiger partial charge in [-0.15, -0.1) is 0 Å². The molecule has 0 saturated heterocycles. The van der Waals surface area contributed by atoms with Crippen LogP contribution in [0.1, 0.15) is 24.0 Å². The van der Waals surface area contributed by atoms with Crippen LogP contribution in [0.3, 0.4) is 0 Å². The van der Waals surface area contributed by atoms with Gasteiger partial charge in [-0.2, -0.15) is 0 Å². The van der Waals surface area contributed by atoms with Crippen molar-refractivity contribution in [1.29, 1.82) is 0 Å². The first-order valence-electron chi connectivity index (χ1n) is 7.16. The van der Waals surface area contributed by atoms with Crippen molar-refractivity contribution in [3.05, 3.63) is 71.8 Å². The average molecular weight is 296 g/mol. The standard InChI is InChI=1S/C18H20N2O2/c1-21-19-17(15-9-5-3-6-10-15)13-14-18(20-22-2)16-11-7-4-8-12-16/h3-12H,13-14H2,1-2H3. The summed E-state index contributed by atoms with van der Waals surface area (Å²) in [6.07, 6.45) is 1.43. The Balaban J connectivity index is 2.14. The molecule has 0 aromatic heterocycles. The fourth-order valence-corrected chi connectivity index (χ4v) is 2.20. The van der Waals surface area contributed by atoms with Crippen molar-refractivity contribution in [3.63, 3.8) is 0 Å². The van der Waals surface area contributed by atoms with Crippen LogP contribution in [0.25, 0.3) is 0 Å². The molecule has 0 aliphatic heterocycles. The minimum atomic E-state index is 0.717. The van der Waals surface area contributed by atoms with Crippen molar-refractivity contribution >= 4 is 11.4 Å². The van der Waals surface area contributed by atoms with E-state index in [0.717, 1.165) is 35.4 Å². The molecule has 4 heteroatoms. The topological polar surface area (TPSA) is 43.2 Å². The molecule has 0 unspecified atom stereocenters. The zero-order valence-corrected chi connectivity index (χ0v) is 12.9. The smallest absolute Gasteiger partial charge is 0.106 e. The van der Waals surface area contributed by atoms with Gasteiger partial charge in [0.2, 0.25) is 0 Å². The van der Waals surface area contributed by atoms with Gasteiger partial charge in [0, 0.05) is 0 Å². The Morgan fingerprint density at radius 2 is 1.05 bits per heavy atom. The Morgan fingerprint density at radius 1 is 0.682 bits per heavy atom. The summed E-state index contributed by atoms with van der Waals surface area (Å²) >= 11 is 0. The summed E-state index contributed by atoms with van der Waals surface area (Å²) in [5, 5.41) is 8.28. The number of rotatable bonds is 7. The monoisotopic (exact) mass is 296 g/mol. The molecular formula is C18H20N2O2. The molecule has 4 nitrogen and oxygen atoms in total. The van der Waals surface area contributed by atoms with E-state index < -0.39 is 0 Å². The van der Waals surface area contributed by atoms with Crippen molar-refractivity contribution in [2.45, 2.75) is 12.8 Å². The van der Waals surface area contributed by atoms with Crippen LogP contribution >= 0.6 is 0 Å². The van der Waals surface area contributed by atoms with Crippen molar-refractivity contribution in [1.82, 2.24) is 0 Å². The Hall–Kier alpha value is -2.62. The maximum absolute atomic E-state index is 4.97. The second-order valence-corrected chi connectivity index (χ2v) is 4.67. The highest BCUT2D eigenvalue weighted by atomic mass is 16.6. The van der Waals surface area contributed by atoms with E-state index in [4.69, 9.17) is 9.68 Å². The average Bonchev–Trinajstić information content (AvgIpc) is 2.59. The number of hydrogen-bond acceptors (Lipinski definition) is 4. The van der Waals surface area contributed by atoms with E-state index in [1.54, 1.807) is 14.2 Å². The molecule has 0 heterocycles. The van der Waals surface area contributed by atoms with Crippen molar-refractivity contribution < 1.29 is 9.68 Å². The highest BCUT2D eigenvalue weighted by Gasteiger charge is 2.09. The minimum absolute atomic E-state index is 0.717. The molecule has 0 saturated carbocycles. The van der Waals surface area contributed by atoms with Crippen LogP contribution in [0.15, 0.2) is 71.0 Å². The molecule has 0 amide bonds. The first kappa shape index (κ1) is 15.8. The molecule has 0 N–H and O–H groups in total. The van der Waals surface area contributed by atoms with Gasteiger partial charge in [0.1, 0.15) is 14.2 Å². The van der Waals surface area contributed by atoms with Gasteiger partial charge in [-0.3, -0.25) is 0 Å². The van der Waals surface area contributed by atoms with Gasteiger partial charge in [-0.1, -0.05) is 71.0 Å². The van der Waals surface area contributed by atoms with Crippen LogP contribution in [0.5, 0.6) is 0 Å². The SMILES string of the molecule is CON=C(CCC(=NOC)c1ccccc1)c1ccccc1. The van der Waals surface area contributed by atoms with Gasteiger partial charge in [0.05, 0.1) is 11.4 Å². The van der Waals surface area contributed by atoms with Crippen LogP contribution < -0.4 is 0 Å². The normalized spacial score (nSPS) is 12.1. The van der Waals surface area contributed by atoms with Crippen LogP contribution in [-0.2, 0) is 9.68 Å². The number of oxime groups is 2. The predicted octanol–water partition coefficient (Wildman–Crippen LogP) is 3.87. The number of hydrogen-bond donors (Lipinski definition) is 0. The molecule has 0 spiro atoms. The molecular weight excluding hydrogens is 276 g/mol. The van der Waals surface area contributed by atoms with Crippen LogP contribution in [0.4, 0.5) is 0 Å². The van der Waals surface area contributed by atoms with Crippen LogP contribution in [-0.4, -0.2) is 25.6 Å². The summed E-state index contributed by atoms with van der Waals surface area (Å²) in [7, 11) is 3.12.